The van der Waals surface area contributed by atoms with Gasteiger partial charge in [0.2, 0.25) is 11.5 Å². The van der Waals surface area contributed by atoms with Gasteiger partial charge in [0, 0.05) is 32.2 Å². The third kappa shape index (κ3) is 2.77. The van der Waals surface area contributed by atoms with Crippen LogP contribution in [0.5, 0.6) is 0 Å². The molecule has 2 aromatic rings. The van der Waals surface area contributed by atoms with Crippen LogP contribution in [0.1, 0.15) is 6.92 Å². The average molecular weight is 319 g/mol. The molecular formula is C14H17N5O4. The van der Waals surface area contributed by atoms with E-state index in [9.17, 15) is 14.9 Å². The summed E-state index contributed by atoms with van der Waals surface area (Å²) in [6, 6.07) is 5.24. The molecule has 1 saturated heterocycles. The standard InChI is InChI=1S/C14H17N5O4/c1-2-23-14(20)17-9-7-16(8-10-17)12-13(19(21)22)18-6-4-3-5-11(18)15-12/h3-6H,2,7-10H2,1H3. The Balaban J connectivity index is 1.83. The first-order valence-electron chi connectivity index (χ1n) is 7.40. The quantitative estimate of drug-likeness (QED) is 0.629. The Kier molecular flexibility index (Phi) is 4.00. The number of piperazine rings is 1. The predicted molar refractivity (Wildman–Crippen MR) is 82.7 cm³/mol. The van der Waals surface area contributed by atoms with E-state index in [1.165, 1.54) is 4.40 Å². The second kappa shape index (κ2) is 6.11. The average Bonchev–Trinajstić information content (AvgIpc) is 2.95. The van der Waals surface area contributed by atoms with Crippen LogP contribution in [0.2, 0.25) is 0 Å². The zero-order valence-corrected chi connectivity index (χ0v) is 12.7. The van der Waals surface area contributed by atoms with E-state index >= 15 is 0 Å². The number of anilines is 1. The number of hydrogen-bond acceptors (Lipinski definition) is 6. The molecule has 3 heterocycles. The minimum Gasteiger partial charge on any atom is -0.450 e. The summed E-state index contributed by atoms with van der Waals surface area (Å²) in [6.45, 7) is 3.94. The molecule has 0 unspecified atom stereocenters. The molecule has 2 aromatic heterocycles. The van der Waals surface area contributed by atoms with Crippen molar-refractivity contribution in [3.8, 4) is 0 Å². The van der Waals surface area contributed by atoms with Crippen LogP contribution >= 0.6 is 0 Å². The second-order valence-corrected chi connectivity index (χ2v) is 5.12. The lowest BCUT2D eigenvalue weighted by Crippen LogP contribution is -2.49. The van der Waals surface area contributed by atoms with Gasteiger partial charge in [-0.05, 0) is 17.9 Å². The van der Waals surface area contributed by atoms with Gasteiger partial charge in [0.25, 0.3) is 0 Å². The number of amides is 1. The molecular weight excluding hydrogens is 302 g/mol. The molecule has 1 fully saturated rings. The van der Waals surface area contributed by atoms with E-state index in [-0.39, 0.29) is 11.9 Å². The van der Waals surface area contributed by atoms with Crippen molar-refractivity contribution in [2.75, 3.05) is 37.7 Å². The number of imidazole rings is 1. The van der Waals surface area contributed by atoms with Crippen LogP contribution in [-0.4, -0.2) is 58.1 Å². The highest BCUT2D eigenvalue weighted by Gasteiger charge is 2.30. The molecule has 0 saturated carbocycles. The molecule has 0 spiro atoms. The topological polar surface area (TPSA) is 93.2 Å². The van der Waals surface area contributed by atoms with Crippen molar-refractivity contribution >= 4 is 23.4 Å². The van der Waals surface area contributed by atoms with E-state index in [1.54, 1.807) is 36.2 Å². The predicted octanol–water partition coefficient (Wildman–Crippen LogP) is 1.52. The number of nitrogens with zero attached hydrogens (tertiary/aromatic N) is 5. The lowest BCUT2D eigenvalue weighted by atomic mass is 10.3. The minimum atomic E-state index is -0.424. The smallest absolute Gasteiger partial charge is 0.409 e. The van der Waals surface area contributed by atoms with E-state index in [4.69, 9.17) is 4.74 Å². The van der Waals surface area contributed by atoms with Crippen LogP contribution < -0.4 is 4.90 Å². The van der Waals surface area contributed by atoms with Crippen LogP contribution in [0.4, 0.5) is 16.4 Å². The Hall–Kier alpha value is -2.84. The Bertz CT molecular complexity index is 736. The van der Waals surface area contributed by atoms with Crippen molar-refractivity contribution < 1.29 is 14.5 Å². The SMILES string of the molecule is CCOC(=O)N1CCN(c2nc3ccccn3c2[N+](=O)[O-])CC1. The number of aromatic nitrogens is 2. The van der Waals surface area contributed by atoms with Crippen molar-refractivity contribution in [2.24, 2.45) is 0 Å². The Morgan fingerprint density at radius 3 is 2.74 bits per heavy atom. The van der Waals surface area contributed by atoms with Gasteiger partial charge in [0.15, 0.2) is 0 Å². The maximum absolute atomic E-state index is 11.7. The third-order valence-corrected chi connectivity index (χ3v) is 3.77. The molecule has 23 heavy (non-hydrogen) atoms. The van der Waals surface area contributed by atoms with Gasteiger partial charge in [-0.25, -0.2) is 4.79 Å². The van der Waals surface area contributed by atoms with Crippen molar-refractivity contribution in [3.05, 3.63) is 34.5 Å². The molecule has 122 valence electrons. The number of ether oxygens (including phenoxy) is 1. The number of nitro groups is 1. The zero-order valence-electron chi connectivity index (χ0n) is 12.7. The first kappa shape index (κ1) is 15.1. The molecule has 1 aliphatic heterocycles. The van der Waals surface area contributed by atoms with Crippen LogP contribution in [0.3, 0.4) is 0 Å². The van der Waals surface area contributed by atoms with Gasteiger partial charge in [-0.1, -0.05) is 6.07 Å². The van der Waals surface area contributed by atoms with Gasteiger partial charge in [-0.15, -0.1) is 0 Å². The van der Waals surface area contributed by atoms with Crippen LogP contribution in [0.15, 0.2) is 24.4 Å². The van der Waals surface area contributed by atoms with Gasteiger partial charge in [0.1, 0.15) is 0 Å². The van der Waals surface area contributed by atoms with E-state index in [2.05, 4.69) is 4.98 Å². The molecule has 9 heteroatoms. The molecule has 0 bridgehead atoms. The molecule has 1 amide bonds. The first-order valence-corrected chi connectivity index (χ1v) is 7.40. The molecule has 9 nitrogen and oxygen atoms in total. The number of fused-ring (bicyclic) bond motifs is 1. The summed E-state index contributed by atoms with van der Waals surface area (Å²) in [6.07, 6.45) is 1.27. The maximum atomic E-state index is 11.7. The van der Waals surface area contributed by atoms with E-state index in [0.29, 0.717) is 44.3 Å². The molecule has 0 aromatic carbocycles. The normalized spacial score (nSPS) is 15.0. The van der Waals surface area contributed by atoms with Gasteiger partial charge in [-0.2, -0.15) is 9.38 Å². The van der Waals surface area contributed by atoms with Crippen molar-refractivity contribution in [3.63, 3.8) is 0 Å². The summed E-state index contributed by atoms with van der Waals surface area (Å²) < 4.78 is 6.44. The minimum absolute atomic E-state index is 0.0508. The fraction of sp³-hybridized carbons (Fsp3) is 0.429. The summed E-state index contributed by atoms with van der Waals surface area (Å²) in [5, 5.41) is 11.4. The van der Waals surface area contributed by atoms with Gasteiger partial charge in [0.05, 0.1) is 12.8 Å². The summed E-state index contributed by atoms with van der Waals surface area (Å²) in [5.74, 6) is 0.287. The van der Waals surface area contributed by atoms with Gasteiger partial charge in [-0.3, -0.25) is 0 Å². The summed E-state index contributed by atoms with van der Waals surface area (Å²) in [5.41, 5.74) is 0.530. The van der Waals surface area contributed by atoms with Crippen LogP contribution in [-0.2, 0) is 4.74 Å². The lowest BCUT2D eigenvalue weighted by Gasteiger charge is -2.33. The van der Waals surface area contributed by atoms with Crippen molar-refractivity contribution in [2.45, 2.75) is 6.92 Å². The number of pyridine rings is 1. The Labute approximate surface area is 132 Å². The molecule has 1 aliphatic rings. The second-order valence-electron chi connectivity index (χ2n) is 5.12. The number of carbonyl (C=O) groups excluding carboxylic acids is 1. The fourth-order valence-electron chi connectivity index (χ4n) is 2.67. The largest absolute Gasteiger partial charge is 0.450 e. The number of carbonyl (C=O) groups is 1. The first-order chi connectivity index (χ1) is 11.1. The summed E-state index contributed by atoms with van der Waals surface area (Å²) >= 11 is 0. The fourth-order valence-corrected chi connectivity index (χ4v) is 2.67. The van der Waals surface area contributed by atoms with E-state index in [0.717, 1.165) is 0 Å². The van der Waals surface area contributed by atoms with E-state index in [1.807, 2.05) is 4.90 Å². The highest BCUT2D eigenvalue weighted by molar-refractivity contribution is 5.69. The Morgan fingerprint density at radius 2 is 2.09 bits per heavy atom. The number of hydrogen-bond donors (Lipinski definition) is 0. The number of rotatable bonds is 3. The van der Waals surface area contributed by atoms with Crippen molar-refractivity contribution in [1.82, 2.24) is 14.3 Å². The summed E-state index contributed by atoms with van der Waals surface area (Å²) in [4.78, 5) is 30.5. The van der Waals surface area contributed by atoms with Gasteiger partial charge >= 0.3 is 11.9 Å². The highest BCUT2D eigenvalue weighted by atomic mass is 16.6. The monoisotopic (exact) mass is 319 g/mol. The van der Waals surface area contributed by atoms with Gasteiger partial charge < -0.3 is 24.7 Å². The zero-order chi connectivity index (χ0) is 16.4. The molecule has 0 radical (unpaired) electrons. The Morgan fingerprint density at radius 1 is 1.35 bits per heavy atom. The van der Waals surface area contributed by atoms with Crippen LogP contribution in [0, 0.1) is 10.1 Å². The van der Waals surface area contributed by atoms with Crippen molar-refractivity contribution in [1.29, 1.82) is 0 Å². The third-order valence-electron chi connectivity index (χ3n) is 3.77. The highest BCUT2D eigenvalue weighted by Crippen LogP contribution is 2.29. The molecule has 0 aliphatic carbocycles. The van der Waals surface area contributed by atoms with E-state index < -0.39 is 4.92 Å². The molecule has 0 N–H and O–H groups in total. The lowest BCUT2D eigenvalue weighted by molar-refractivity contribution is -0.389. The molecule has 0 atom stereocenters. The maximum Gasteiger partial charge on any atom is 0.409 e. The molecule has 3 rings (SSSR count). The van der Waals surface area contributed by atoms with Crippen LogP contribution in [0.25, 0.3) is 5.65 Å². The summed E-state index contributed by atoms with van der Waals surface area (Å²) in [7, 11) is 0.